The molecule has 3 saturated heterocycles. The number of nitrogens with zero attached hydrogens (tertiary/aromatic N) is 4. The average molecular weight is 484 g/mol. The summed E-state index contributed by atoms with van der Waals surface area (Å²) in [7, 11) is 1.41. The molecule has 10 heteroatoms. The van der Waals surface area contributed by atoms with Gasteiger partial charge in [0.2, 0.25) is 0 Å². The van der Waals surface area contributed by atoms with Gasteiger partial charge in [-0.1, -0.05) is 0 Å². The van der Waals surface area contributed by atoms with Crippen molar-refractivity contribution in [3.63, 3.8) is 0 Å². The Morgan fingerprint density at radius 3 is 2.80 bits per heavy atom. The lowest BCUT2D eigenvalue weighted by Gasteiger charge is -2.27. The number of nitrogens with one attached hydrogen (secondary N) is 1. The van der Waals surface area contributed by atoms with Gasteiger partial charge in [-0.05, 0) is 69.1 Å². The SMILES string of the molecule is COC1(O)N(C(=O)c2cnn3ccc(N4CCC[C@@H]4c4cc(F)ccc4F)cc23)C12CCNCC2. The van der Waals surface area contributed by atoms with Crippen LogP contribution < -0.4 is 10.2 Å². The van der Waals surface area contributed by atoms with E-state index in [1.54, 1.807) is 10.7 Å². The Kier molecular flexibility index (Phi) is 5.10. The fourth-order valence-corrected chi connectivity index (χ4v) is 6.02. The van der Waals surface area contributed by atoms with Gasteiger partial charge in [-0.3, -0.25) is 9.69 Å². The van der Waals surface area contributed by atoms with Crippen LogP contribution >= 0.6 is 0 Å². The standard InChI is InChI=1S/C25H27F2N5O3/c1-35-25(34)24(7-9-28-10-8-24)32(25)23(33)19-15-29-31-12-6-17(14-22(19)31)30-11-2-3-21(30)18-13-16(26)4-5-20(18)27/h4-6,12-15,21,28,34H,2-3,7-11H2,1H3/t21-,25?,32?/m1/s1. The largest absolute Gasteiger partial charge is 0.364 e. The number of aliphatic hydroxyl groups is 1. The number of carbonyl (C=O) groups is 1. The molecule has 2 aromatic heterocycles. The van der Waals surface area contributed by atoms with E-state index in [9.17, 15) is 18.7 Å². The minimum absolute atomic E-state index is 0.306. The first-order valence-corrected chi connectivity index (χ1v) is 11.9. The summed E-state index contributed by atoms with van der Waals surface area (Å²) < 4.78 is 35.5. The molecule has 3 aliphatic rings. The van der Waals surface area contributed by atoms with Crippen LogP contribution in [0.4, 0.5) is 14.5 Å². The van der Waals surface area contributed by atoms with Gasteiger partial charge in [0.15, 0.2) is 0 Å². The predicted octanol–water partition coefficient (Wildman–Crippen LogP) is 2.82. The molecule has 2 atom stereocenters. The number of pyridine rings is 1. The molecular weight excluding hydrogens is 456 g/mol. The minimum Gasteiger partial charge on any atom is -0.364 e. The van der Waals surface area contributed by atoms with Crippen molar-refractivity contribution in [2.75, 3.05) is 31.6 Å². The number of ether oxygens (including phenoxy) is 1. The van der Waals surface area contributed by atoms with Gasteiger partial charge < -0.3 is 20.1 Å². The highest BCUT2D eigenvalue weighted by Crippen LogP contribution is 2.56. The average Bonchev–Trinajstić information content (AvgIpc) is 3.28. The third-order valence-corrected chi connectivity index (χ3v) is 7.84. The van der Waals surface area contributed by atoms with Gasteiger partial charge in [0.1, 0.15) is 17.2 Å². The number of hydrogen-bond donors (Lipinski definition) is 2. The highest BCUT2D eigenvalue weighted by Gasteiger charge is 2.78. The molecule has 0 bridgehead atoms. The zero-order valence-electron chi connectivity index (χ0n) is 19.4. The molecule has 35 heavy (non-hydrogen) atoms. The number of hydrogen-bond acceptors (Lipinski definition) is 6. The summed E-state index contributed by atoms with van der Waals surface area (Å²) in [6.07, 6.45) is 5.95. The Morgan fingerprint density at radius 1 is 1.23 bits per heavy atom. The number of rotatable bonds is 4. The van der Waals surface area contributed by atoms with Crippen molar-refractivity contribution < 1.29 is 23.4 Å². The summed E-state index contributed by atoms with van der Waals surface area (Å²) in [5.74, 6) is -2.90. The molecule has 0 radical (unpaired) electrons. The number of benzene rings is 1. The summed E-state index contributed by atoms with van der Waals surface area (Å²) in [6.45, 7) is 2.04. The number of anilines is 1. The molecule has 1 spiro atoms. The number of piperidine rings is 1. The predicted molar refractivity (Wildman–Crippen MR) is 124 cm³/mol. The van der Waals surface area contributed by atoms with Gasteiger partial charge in [0.05, 0.1) is 23.3 Å². The van der Waals surface area contributed by atoms with Crippen molar-refractivity contribution in [3.8, 4) is 0 Å². The van der Waals surface area contributed by atoms with Crippen LogP contribution in [0.3, 0.4) is 0 Å². The third-order valence-electron chi connectivity index (χ3n) is 7.84. The Labute approximate surface area is 201 Å². The lowest BCUT2D eigenvalue weighted by molar-refractivity contribution is -0.144. The maximum absolute atomic E-state index is 14.6. The number of carbonyl (C=O) groups excluding carboxylic acids is 1. The van der Waals surface area contributed by atoms with Crippen LogP contribution in [0.5, 0.6) is 0 Å². The van der Waals surface area contributed by atoms with Crippen LogP contribution in [0.15, 0.2) is 42.7 Å². The van der Waals surface area contributed by atoms with E-state index in [0.717, 1.165) is 24.2 Å². The van der Waals surface area contributed by atoms with Crippen LogP contribution in [-0.2, 0) is 4.74 Å². The number of methoxy groups -OCH3 is 1. The molecule has 6 rings (SSSR count). The normalized spacial score (nSPS) is 25.5. The monoisotopic (exact) mass is 483 g/mol. The van der Waals surface area contributed by atoms with E-state index in [4.69, 9.17) is 4.74 Å². The summed E-state index contributed by atoms with van der Waals surface area (Å²) in [6, 6.07) is 6.95. The van der Waals surface area contributed by atoms with Crippen molar-refractivity contribution in [2.24, 2.45) is 0 Å². The van der Waals surface area contributed by atoms with E-state index in [1.165, 1.54) is 24.3 Å². The van der Waals surface area contributed by atoms with E-state index in [-0.39, 0.29) is 11.9 Å². The van der Waals surface area contributed by atoms with Crippen molar-refractivity contribution in [2.45, 2.75) is 43.2 Å². The molecule has 8 nitrogen and oxygen atoms in total. The first-order valence-electron chi connectivity index (χ1n) is 11.9. The van der Waals surface area contributed by atoms with Gasteiger partial charge in [-0.25, -0.2) is 13.3 Å². The molecule has 5 heterocycles. The number of fused-ring (bicyclic) bond motifs is 1. The second kappa shape index (κ2) is 7.97. The van der Waals surface area contributed by atoms with E-state index in [1.807, 2.05) is 17.0 Å². The maximum atomic E-state index is 14.6. The topological polar surface area (TPSA) is 82.1 Å². The van der Waals surface area contributed by atoms with Crippen molar-refractivity contribution in [3.05, 3.63) is 65.5 Å². The molecule has 3 fully saturated rings. The summed E-state index contributed by atoms with van der Waals surface area (Å²) >= 11 is 0. The zero-order chi connectivity index (χ0) is 24.4. The van der Waals surface area contributed by atoms with Crippen molar-refractivity contribution in [1.29, 1.82) is 0 Å². The maximum Gasteiger partial charge on any atom is 0.277 e. The molecule has 1 aromatic carbocycles. The van der Waals surface area contributed by atoms with E-state index in [0.29, 0.717) is 55.5 Å². The smallest absolute Gasteiger partial charge is 0.277 e. The lowest BCUT2D eigenvalue weighted by Crippen LogP contribution is -2.39. The third kappa shape index (κ3) is 3.20. The van der Waals surface area contributed by atoms with Crippen LogP contribution in [0.2, 0.25) is 0 Å². The number of aromatic nitrogens is 2. The summed E-state index contributed by atoms with van der Waals surface area (Å²) in [5, 5.41) is 18.7. The highest BCUT2D eigenvalue weighted by molar-refractivity contribution is 6.03. The molecule has 3 aromatic rings. The molecule has 0 aliphatic carbocycles. The van der Waals surface area contributed by atoms with Gasteiger partial charge in [0.25, 0.3) is 11.8 Å². The first-order chi connectivity index (χ1) is 16.9. The molecule has 184 valence electrons. The first kappa shape index (κ1) is 22.4. The Balaban J connectivity index is 1.35. The van der Waals surface area contributed by atoms with Crippen LogP contribution in [-0.4, -0.2) is 63.7 Å². The Bertz CT molecular complexity index is 1310. The van der Waals surface area contributed by atoms with E-state index >= 15 is 0 Å². The minimum atomic E-state index is -1.65. The van der Waals surface area contributed by atoms with Crippen LogP contribution in [0, 0.1) is 11.6 Å². The molecule has 1 amide bonds. The molecular formula is C25H27F2N5O3. The van der Waals surface area contributed by atoms with Gasteiger partial charge in [-0.15, -0.1) is 0 Å². The number of amides is 1. The fraction of sp³-hybridized carbons (Fsp3) is 0.440. The van der Waals surface area contributed by atoms with E-state index < -0.39 is 23.1 Å². The molecule has 3 aliphatic heterocycles. The van der Waals surface area contributed by atoms with Crippen molar-refractivity contribution >= 4 is 17.1 Å². The molecule has 1 unspecified atom stereocenters. The summed E-state index contributed by atoms with van der Waals surface area (Å²) in [5.41, 5.74) is 1.29. The summed E-state index contributed by atoms with van der Waals surface area (Å²) in [4.78, 5) is 17.1. The van der Waals surface area contributed by atoms with Crippen LogP contribution in [0.1, 0.15) is 47.6 Å². The Hall–Kier alpha value is -3.08. The highest BCUT2D eigenvalue weighted by atomic mass is 19.1. The van der Waals surface area contributed by atoms with Gasteiger partial charge in [0, 0.05) is 31.1 Å². The van der Waals surface area contributed by atoms with Gasteiger partial charge in [-0.2, -0.15) is 5.10 Å². The quantitative estimate of drug-likeness (QED) is 0.439. The zero-order valence-corrected chi connectivity index (χ0v) is 19.4. The van der Waals surface area contributed by atoms with Crippen molar-refractivity contribution in [1.82, 2.24) is 19.8 Å². The molecule has 2 N–H and O–H groups in total. The second-order valence-electron chi connectivity index (χ2n) is 9.52. The molecule has 0 saturated carbocycles. The number of halogens is 2. The lowest BCUT2D eigenvalue weighted by atomic mass is 9.95. The van der Waals surface area contributed by atoms with Gasteiger partial charge >= 0.3 is 0 Å². The Morgan fingerprint density at radius 2 is 2.03 bits per heavy atom. The fourth-order valence-electron chi connectivity index (χ4n) is 6.02. The van der Waals surface area contributed by atoms with Crippen LogP contribution in [0.25, 0.3) is 5.52 Å². The van der Waals surface area contributed by atoms with E-state index in [2.05, 4.69) is 10.4 Å². The second-order valence-corrected chi connectivity index (χ2v) is 9.52.